The van der Waals surface area contributed by atoms with Crippen LogP contribution in [0, 0.1) is 0 Å². The smallest absolute Gasteiger partial charge is 0.252 e. The summed E-state index contributed by atoms with van der Waals surface area (Å²) in [6.45, 7) is 0. The SMILES string of the molecule is NC(=O)c1cccnc1NC1CCC(c2cccnc2)CC1. The zero-order valence-corrected chi connectivity index (χ0v) is 12.4. The summed E-state index contributed by atoms with van der Waals surface area (Å²) in [6.07, 6.45) is 9.77. The second-order valence-corrected chi connectivity index (χ2v) is 5.74. The highest BCUT2D eigenvalue weighted by molar-refractivity contribution is 5.97. The molecule has 0 atom stereocenters. The van der Waals surface area contributed by atoms with Gasteiger partial charge in [0.1, 0.15) is 5.82 Å². The van der Waals surface area contributed by atoms with E-state index in [9.17, 15) is 4.79 Å². The van der Waals surface area contributed by atoms with E-state index in [-0.39, 0.29) is 0 Å². The molecule has 1 aliphatic rings. The van der Waals surface area contributed by atoms with Crippen LogP contribution in [0.25, 0.3) is 0 Å². The summed E-state index contributed by atoms with van der Waals surface area (Å²) in [5.41, 5.74) is 7.16. The lowest BCUT2D eigenvalue weighted by molar-refractivity contribution is 0.100. The highest BCUT2D eigenvalue weighted by atomic mass is 16.1. The zero-order chi connectivity index (χ0) is 15.4. The normalized spacial score (nSPS) is 21.3. The number of pyridine rings is 2. The number of nitrogens with one attached hydrogen (secondary N) is 1. The van der Waals surface area contributed by atoms with E-state index < -0.39 is 5.91 Å². The average molecular weight is 296 g/mol. The molecule has 2 heterocycles. The summed E-state index contributed by atoms with van der Waals surface area (Å²) >= 11 is 0. The van der Waals surface area contributed by atoms with E-state index in [2.05, 4.69) is 21.4 Å². The Morgan fingerprint density at radius 3 is 2.59 bits per heavy atom. The van der Waals surface area contributed by atoms with Crippen LogP contribution < -0.4 is 11.1 Å². The van der Waals surface area contributed by atoms with Gasteiger partial charge in [0.15, 0.2) is 0 Å². The first-order valence-corrected chi connectivity index (χ1v) is 7.65. The summed E-state index contributed by atoms with van der Waals surface area (Å²) in [6, 6.07) is 7.91. The Hall–Kier alpha value is -2.43. The molecule has 3 N–H and O–H groups in total. The molecule has 0 unspecified atom stereocenters. The van der Waals surface area contributed by atoms with Gasteiger partial charge in [0, 0.05) is 24.6 Å². The van der Waals surface area contributed by atoms with Crippen molar-refractivity contribution in [1.82, 2.24) is 9.97 Å². The predicted octanol–water partition coefficient (Wildman–Crippen LogP) is 2.71. The second kappa shape index (κ2) is 6.56. The number of nitrogens with two attached hydrogens (primary N) is 1. The highest BCUT2D eigenvalue weighted by Crippen LogP contribution is 2.33. The minimum Gasteiger partial charge on any atom is -0.367 e. The summed E-state index contributed by atoms with van der Waals surface area (Å²) in [5, 5.41) is 3.38. The summed E-state index contributed by atoms with van der Waals surface area (Å²) in [4.78, 5) is 19.9. The van der Waals surface area contributed by atoms with Crippen molar-refractivity contribution in [2.75, 3.05) is 5.32 Å². The number of anilines is 1. The van der Waals surface area contributed by atoms with Gasteiger partial charge in [-0.05, 0) is 55.4 Å². The van der Waals surface area contributed by atoms with Gasteiger partial charge in [-0.1, -0.05) is 6.07 Å². The van der Waals surface area contributed by atoms with E-state index in [1.807, 2.05) is 18.5 Å². The lowest BCUT2D eigenvalue weighted by Gasteiger charge is -2.29. The van der Waals surface area contributed by atoms with E-state index in [1.165, 1.54) is 5.56 Å². The molecule has 1 saturated carbocycles. The van der Waals surface area contributed by atoms with Gasteiger partial charge in [-0.2, -0.15) is 0 Å². The monoisotopic (exact) mass is 296 g/mol. The standard InChI is InChI=1S/C17H20N4O/c18-16(22)15-4-2-10-20-17(15)21-14-7-5-12(6-8-14)13-3-1-9-19-11-13/h1-4,9-12,14H,5-8H2,(H2,18,22)(H,20,21). The summed E-state index contributed by atoms with van der Waals surface area (Å²) in [7, 11) is 0. The van der Waals surface area contributed by atoms with Crippen LogP contribution in [0.1, 0.15) is 47.5 Å². The molecule has 22 heavy (non-hydrogen) atoms. The quantitative estimate of drug-likeness (QED) is 0.909. The third-order valence-electron chi connectivity index (χ3n) is 4.30. The van der Waals surface area contributed by atoms with Crippen LogP contribution in [-0.2, 0) is 0 Å². The molecule has 2 aromatic rings. The Kier molecular flexibility index (Phi) is 4.32. The molecule has 0 bridgehead atoms. The van der Waals surface area contributed by atoms with Gasteiger partial charge in [-0.25, -0.2) is 4.98 Å². The number of nitrogens with zero attached hydrogens (tertiary/aromatic N) is 2. The third kappa shape index (κ3) is 3.24. The number of hydrogen-bond acceptors (Lipinski definition) is 4. The van der Waals surface area contributed by atoms with Crippen molar-refractivity contribution in [2.45, 2.75) is 37.6 Å². The lowest BCUT2D eigenvalue weighted by atomic mass is 9.82. The number of amides is 1. The number of carbonyl (C=O) groups excluding carboxylic acids is 1. The Morgan fingerprint density at radius 1 is 1.14 bits per heavy atom. The lowest BCUT2D eigenvalue weighted by Crippen LogP contribution is -2.27. The molecular formula is C17H20N4O. The van der Waals surface area contributed by atoms with Crippen molar-refractivity contribution in [3.63, 3.8) is 0 Å². The maximum atomic E-state index is 11.4. The van der Waals surface area contributed by atoms with Gasteiger partial charge < -0.3 is 11.1 Å². The number of primary amides is 1. The Morgan fingerprint density at radius 2 is 1.91 bits per heavy atom. The molecule has 5 heteroatoms. The number of carbonyl (C=O) groups is 1. The van der Waals surface area contributed by atoms with Gasteiger partial charge in [0.25, 0.3) is 5.91 Å². The van der Waals surface area contributed by atoms with Crippen molar-refractivity contribution in [1.29, 1.82) is 0 Å². The average Bonchev–Trinajstić information content (AvgIpc) is 2.57. The van der Waals surface area contributed by atoms with E-state index in [4.69, 9.17) is 5.73 Å². The molecule has 0 aliphatic heterocycles. The minimum atomic E-state index is -0.445. The summed E-state index contributed by atoms with van der Waals surface area (Å²) < 4.78 is 0. The van der Waals surface area contributed by atoms with Crippen LogP contribution in [0.5, 0.6) is 0 Å². The van der Waals surface area contributed by atoms with Gasteiger partial charge in [-0.3, -0.25) is 9.78 Å². The molecule has 0 saturated heterocycles. The maximum absolute atomic E-state index is 11.4. The molecule has 2 aromatic heterocycles. The predicted molar refractivity (Wildman–Crippen MR) is 85.6 cm³/mol. The fourth-order valence-electron chi connectivity index (χ4n) is 3.10. The van der Waals surface area contributed by atoms with Crippen LogP contribution in [0.2, 0.25) is 0 Å². The molecule has 1 amide bonds. The molecule has 1 fully saturated rings. The first-order chi connectivity index (χ1) is 10.7. The molecule has 0 aromatic carbocycles. The van der Waals surface area contributed by atoms with Crippen molar-refractivity contribution in [2.24, 2.45) is 5.73 Å². The highest BCUT2D eigenvalue weighted by Gasteiger charge is 2.23. The van der Waals surface area contributed by atoms with E-state index in [1.54, 1.807) is 18.3 Å². The molecule has 5 nitrogen and oxygen atoms in total. The Labute approximate surface area is 130 Å². The third-order valence-corrected chi connectivity index (χ3v) is 4.30. The number of rotatable bonds is 4. The second-order valence-electron chi connectivity index (χ2n) is 5.74. The first-order valence-electron chi connectivity index (χ1n) is 7.65. The van der Waals surface area contributed by atoms with Gasteiger partial charge in [0.05, 0.1) is 5.56 Å². The van der Waals surface area contributed by atoms with E-state index in [0.717, 1.165) is 25.7 Å². The molecule has 114 valence electrons. The van der Waals surface area contributed by atoms with Gasteiger partial charge >= 0.3 is 0 Å². The van der Waals surface area contributed by atoms with Gasteiger partial charge in [0.2, 0.25) is 0 Å². The molecule has 1 aliphatic carbocycles. The Bertz CT molecular complexity index is 636. The summed E-state index contributed by atoms with van der Waals surface area (Å²) in [5.74, 6) is 0.727. The molecule has 3 rings (SSSR count). The zero-order valence-electron chi connectivity index (χ0n) is 12.4. The van der Waals surface area contributed by atoms with Crippen molar-refractivity contribution < 1.29 is 4.79 Å². The fraction of sp³-hybridized carbons (Fsp3) is 0.353. The largest absolute Gasteiger partial charge is 0.367 e. The maximum Gasteiger partial charge on any atom is 0.252 e. The van der Waals surface area contributed by atoms with E-state index in [0.29, 0.717) is 23.3 Å². The molecule has 0 radical (unpaired) electrons. The number of hydrogen-bond donors (Lipinski definition) is 2. The molecular weight excluding hydrogens is 276 g/mol. The molecule has 0 spiro atoms. The van der Waals surface area contributed by atoms with Gasteiger partial charge in [-0.15, -0.1) is 0 Å². The topological polar surface area (TPSA) is 80.9 Å². The number of aromatic nitrogens is 2. The van der Waals surface area contributed by atoms with E-state index >= 15 is 0 Å². The van der Waals surface area contributed by atoms with Crippen LogP contribution in [0.15, 0.2) is 42.9 Å². The minimum absolute atomic E-state index is 0.334. The fourth-order valence-corrected chi connectivity index (χ4v) is 3.10. The first kappa shape index (κ1) is 14.5. The van der Waals surface area contributed by atoms with Crippen molar-refractivity contribution in [3.8, 4) is 0 Å². The van der Waals surface area contributed by atoms with Crippen LogP contribution >= 0.6 is 0 Å². The van der Waals surface area contributed by atoms with Crippen LogP contribution in [0.4, 0.5) is 5.82 Å². The van der Waals surface area contributed by atoms with Crippen molar-refractivity contribution in [3.05, 3.63) is 54.0 Å². The Balaban J connectivity index is 1.62. The van der Waals surface area contributed by atoms with Crippen LogP contribution in [0.3, 0.4) is 0 Å². The van der Waals surface area contributed by atoms with Crippen molar-refractivity contribution >= 4 is 11.7 Å². The van der Waals surface area contributed by atoms with Crippen LogP contribution in [-0.4, -0.2) is 21.9 Å².